The summed E-state index contributed by atoms with van der Waals surface area (Å²) in [4.78, 5) is 13.9. The van der Waals surface area contributed by atoms with Crippen molar-refractivity contribution in [3.63, 3.8) is 0 Å². The number of anilines is 1. The van der Waals surface area contributed by atoms with E-state index in [1.165, 1.54) is 26.4 Å². The first-order valence-electron chi connectivity index (χ1n) is 5.75. The van der Waals surface area contributed by atoms with Crippen molar-refractivity contribution in [2.45, 2.75) is 19.3 Å². The molecule has 1 aliphatic rings. The standard InChI is InChI=1S/C13H17NO2/c1-16-13(15)11-7-3-4-8-12(11)14-9-5-2-6-10-14/h3-4,7-8H,2,5-6,9-10H2,1H3. The van der Waals surface area contributed by atoms with E-state index in [0.717, 1.165) is 18.8 Å². The van der Waals surface area contributed by atoms with Gasteiger partial charge in [-0.15, -0.1) is 0 Å². The normalized spacial score (nSPS) is 15.9. The lowest BCUT2D eigenvalue weighted by Crippen LogP contribution is -2.30. The molecule has 0 aliphatic carbocycles. The molecule has 0 atom stereocenters. The number of rotatable bonds is 2. The van der Waals surface area contributed by atoms with Gasteiger partial charge in [0.05, 0.1) is 18.4 Å². The molecule has 1 heterocycles. The average molecular weight is 219 g/mol. The summed E-state index contributed by atoms with van der Waals surface area (Å²) in [5.41, 5.74) is 1.68. The number of para-hydroxylation sites is 1. The molecule has 16 heavy (non-hydrogen) atoms. The minimum absolute atomic E-state index is 0.249. The Morgan fingerprint density at radius 1 is 1.19 bits per heavy atom. The van der Waals surface area contributed by atoms with Crippen LogP contribution in [0, 0.1) is 0 Å². The zero-order valence-electron chi connectivity index (χ0n) is 9.61. The maximum absolute atomic E-state index is 11.6. The van der Waals surface area contributed by atoms with E-state index >= 15 is 0 Å². The monoisotopic (exact) mass is 219 g/mol. The first kappa shape index (κ1) is 11.0. The van der Waals surface area contributed by atoms with Crippen LogP contribution in [-0.4, -0.2) is 26.2 Å². The third kappa shape index (κ3) is 2.18. The number of nitrogens with zero attached hydrogens (tertiary/aromatic N) is 1. The van der Waals surface area contributed by atoms with Crippen molar-refractivity contribution in [2.75, 3.05) is 25.1 Å². The number of carbonyl (C=O) groups excluding carboxylic acids is 1. The number of ether oxygens (including phenoxy) is 1. The first-order chi connectivity index (χ1) is 7.83. The third-order valence-electron chi connectivity index (χ3n) is 3.01. The maximum atomic E-state index is 11.6. The number of piperidine rings is 1. The van der Waals surface area contributed by atoms with Crippen molar-refractivity contribution in [3.8, 4) is 0 Å². The predicted octanol–water partition coefficient (Wildman–Crippen LogP) is 2.46. The molecule has 1 saturated heterocycles. The Morgan fingerprint density at radius 3 is 2.56 bits per heavy atom. The molecule has 0 N–H and O–H groups in total. The minimum Gasteiger partial charge on any atom is -0.465 e. The molecule has 1 aliphatic heterocycles. The molecule has 1 aromatic rings. The molecule has 1 aromatic carbocycles. The molecule has 0 aromatic heterocycles. The highest BCUT2D eigenvalue weighted by molar-refractivity contribution is 5.95. The largest absolute Gasteiger partial charge is 0.465 e. The summed E-state index contributed by atoms with van der Waals surface area (Å²) in [6, 6.07) is 7.67. The number of hydrogen-bond acceptors (Lipinski definition) is 3. The molecule has 2 rings (SSSR count). The highest BCUT2D eigenvalue weighted by Gasteiger charge is 2.17. The van der Waals surface area contributed by atoms with Gasteiger partial charge in [0, 0.05) is 13.1 Å². The summed E-state index contributed by atoms with van der Waals surface area (Å²) in [6.07, 6.45) is 3.70. The summed E-state index contributed by atoms with van der Waals surface area (Å²) in [5.74, 6) is -0.249. The van der Waals surface area contributed by atoms with Gasteiger partial charge in [0.2, 0.25) is 0 Å². The molecule has 1 fully saturated rings. The zero-order valence-corrected chi connectivity index (χ0v) is 9.61. The van der Waals surface area contributed by atoms with Gasteiger partial charge in [-0.3, -0.25) is 0 Å². The van der Waals surface area contributed by atoms with Crippen LogP contribution in [-0.2, 0) is 4.74 Å². The van der Waals surface area contributed by atoms with Gasteiger partial charge in [0.15, 0.2) is 0 Å². The second-order valence-electron chi connectivity index (χ2n) is 4.06. The Morgan fingerprint density at radius 2 is 1.88 bits per heavy atom. The van der Waals surface area contributed by atoms with Gasteiger partial charge < -0.3 is 9.64 Å². The second-order valence-corrected chi connectivity index (χ2v) is 4.06. The molecule has 0 spiro atoms. The van der Waals surface area contributed by atoms with Crippen LogP contribution in [0.1, 0.15) is 29.6 Å². The molecule has 0 bridgehead atoms. The molecule has 0 saturated carbocycles. The summed E-state index contributed by atoms with van der Waals surface area (Å²) >= 11 is 0. The van der Waals surface area contributed by atoms with Crippen LogP contribution in [0.5, 0.6) is 0 Å². The van der Waals surface area contributed by atoms with Gasteiger partial charge in [-0.25, -0.2) is 4.79 Å². The summed E-state index contributed by atoms with van der Waals surface area (Å²) in [7, 11) is 1.43. The lowest BCUT2D eigenvalue weighted by Gasteiger charge is -2.30. The Labute approximate surface area is 96.0 Å². The van der Waals surface area contributed by atoms with Crippen LogP contribution in [0.2, 0.25) is 0 Å². The summed E-state index contributed by atoms with van der Waals surface area (Å²) in [5, 5.41) is 0. The molecular formula is C13H17NO2. The van der Waals surface area contributed by atoms with Crippen molar-refractivity contribution in [1.29, 1.82) is 0 Å². The van der Waals surface area contributed by atoms with Crippen molar-refractivity contribution < 1.29 is 9.53 Å². The Kier molecular flexibility index (Phi) is 3.44. The SMILES string of the molecule is COC(=O)c1ccccc1N1CCCCC1. The summed E-state index contributed by atoms with van der Waals surface area (Å²) < 4.78 is 4.80. The fourth-order valence-electron chi connectivity index (χ4n) is 2.17. The maximum Gasteiger partial charge on any atom is 0.339 e. The Hall–Kier alpha value is -1.51. The number of methoxy groups -OCH3 is 1. The van der Waals surface area contributed by atoms with Gasteiger partial charge in [-0.1, -0.05) is 12.1 Å². The number of benzene rings is 1. The van der Waals surface area contributed by atoms with E-state index in [1.807, 2.05) is 24.3 Å². The predicted molar refractivity (Wildman–Crippen MR) is 63.8 cm³/mol. The fraction of sp³-hybridized carbons (Fsp3) is 0.462. The molecule has 3 nitrogen and oxygen atoms in total. The second kappa shape index (κ2) is 5.01. The lowest BCUT2D eigenvalue weighted by molar-refractivity contribution is 0.0601. The van der Waals surface area contributed by atoms with Gasteiger partial charge in [-0.05, 0) is 31.4 Å². The number of esters is 1. The fourth-order valence-corrected chi connectivity index (χ4v) is 2.17. The van der Waals surface area contributed by atoms with Gasteiger partial charge >= 0.3 is 5.97 Å². The van der Waals surface area contributed by atoms with Crippen molar-refractivity contribution in [1.82, 2.24) is 0 Å². The van der Waals surface area contributed by atoms with Crippen LogP contribution in [0.25, 0.3) is 0 Å². The Balaban J connectivity index is 2.28. The van der Waals surface area contributed by atoms with E-state index in [1.54, 1.807) is 0 Å². The Bertz CT molecular complexity index is 370. The van der Waals surface area contributed by atoms with Gasteiger partial charge in [-0.2, -0.15) is 0 Å². The van der Waals surface area contributed by atoms with Crippen LogP contribution in [0.4, 0.5) is 5.69 Å². The van der Waals surface area contributed by atoms with E-state index in [2.05, 4.69) is 4.90 Å². The highest BCUT2D eigenvalue weighted by Crippen LogP contribution is 2.24. The van der Waals surface area contributed by atoms with Crippen molar-refractivity contribution in [2.24, 2.45) is 0 Å². The average Bonchev–Trinajstić information content (AvgIpc) is 2.39. The number of hydrogen-bond donors (Lipinski definition) is 0. The van der Waals surface area contributed by atoms with Crippen LogP contribution >= 0.6 is 0 Å². The third-order valence-corrected chi connectivity index (χ3v) is 3.01. The lowest BCUT2D eigenvalue weighted by atomic mass is 10.1. The van der Waals surface area contributed by atoms with Crippen molar-refractivity contribution >= 4 is 11.7 Å². The van der Waals surface area contributed by atoms with Gasteiger partial charge in [0.1, 0.15) is 0 Å². The van der Waals surface area contributed by atoms with E-state index in [4.69, 9.17) is 4.74 Å². The minimum atomic E-state index is -0.249. The summed E-state index contributed by atoms with van der Waals surface area (Å²) in [6.45, 7) is 2.07. The van der Waals surface area contributed by atoms with E-state index in [9.17, 15) is 4.79 Å². The first-order valence-corrected chi connectivity index (χ1v) is 5.75. The van der Waals surface area contributed by atoms with E-state index in [0.29, 0.717) is 5.56 Å². The molecule has 3 heteroatoms. The highest BCUT2D eigenvalue weighted by atomic mass is 16.5. The zero-order chi connectivity index (χ0) is 11.4. The molecule has 0 radical (unpaired) electrons. The molecular weight excluding hydrogens is 202 g/mol. The van der Waals surface area contributed by atoms with Crippen molar-refractivity contribution in [3.05, 3.63) is 29.8 Å². The topological polar surface area (TPSA) is 29.5 Å². The molecule has 0 unspecified atom stereocenters. The van der Waals surface area contributed by atoms with E-state index < -0.39 is 0 Å². The number of carbonyl (C=O) groups is 1. The molecule has 86 valence electrons. The molecule has 0 amide bonds. The van der Waals surface area contributed by atoms with Crippen LogP contribution in [0.3, 0.4) is 0 Å². The smallest absolute Gasteiger partial charge is 0.339 e. The van der Waals surface area contributed by atoms with E-state index in [-0.39, 0.29) is 5.97 Å². The quantitative estimate of drug-likeness (QED) is 0.716. The van der Waals surface area contributed by atoms with Crippen LogP contribution in [0.15, 0.2) is 24.3 Å². The van der Waals surface area contributed by atoms with Gasteiger partial charge in [0.25, 0.3) is 0 Å². The van der Waals surface area contributed by atoms with Crippen LogP contribution < -0.4 is 4.90 Å².